The van der Waals surface area contributed by atoms with E-state index in [2.05, 4.69) is 27.7 Å². The van der Waals surface area contributed by atoms with Crippen molar-refractivity contribution < 1.29 is 9.13 Å². The van der Waals surface area contributed by atoms with Crippen LogP contribution in [-0.4, -0.2) is 33.4 Å². The molecule has 0 aliphatic heterocycles. The van der Waals surface area contributed by atoms with Crippen LogP contribution >= 0.6 is 0 Å². The zero-order valence-electron chi connectivity index (χ0n) is 13.0. The maximum absolute atomic E-state index is 13.6. The number of rotatable bonds is 7. The molecule has 0 aliphatic rings. The molecule has 4 heteroatoms. The highest BCUT2D eigenvalue weighted by molar-refractivity contribution is 6.38. The third-order valence-corrected chi connectivity index (χ3v) is 3.65. The summed E-state index contributed by atoms with van der Waals surface area (Å²) in [5, 5.41) is 0. The summed E-state index contributed by atoms with van der Waals surface area (Å²) in [4.78, 5) is 0. The van der Waals surface area contributed by atoms with E-state index in [1.54, 1.807) is 15.7 Å². The van der Waals surface area contributed by atoms with E-state index in [4.69, 9.17) is 4.74 Å². The van der Waals surface area contributed by atoms with Crippen LogP contribution in [0.4, 0.5) is 4.39 Å². The van der Waals surface area contributed by atoms with Crippen LogP contribution in [0.25, 0.3) is 0 Å². The lowest BCUT2D eigenvalue weighted by Gasteiger charge is -2.34. The maximum atomic E-state index is 13.6. The Hall–Kier alpha value is 0.0199. The van der Waals surface area contributed by atoms with E-state index in [0.717, 1.165) is 6.42 Å². The van der Waals surface area contributed by atoms with Crippen LogP contribution in [0.5, 0.6) is 0 Å². The van der Waals surface area contributed by atoms with Crippen molar-refractivity contribution in [2.75, 3.05) is 6.61 Å². The molecule has 0 rings (SSSR count). The molecule has 0 spiro atoms. The average molecular weight is 242 g/mol. The number of alkyl halides is 1. The minimum absolute atomic E-state index is 0.279. The van der Waals surface area contributed by atoms with Gasteiger partial charge in [-0.3, -0.25) is 4.39 Å². The molecule has 0 atom stereocenters. The third-order valence-electron chi connectivity index (χ3n) is 3.65. The molecule has 17 heavy (non-hydrogen) atoms. The molecule has 1 nitrogen and oxygen atoms in total. The molecule has 0 aromatic heterocycles. The zero-order chi connectivity index (χ0) is 13.9. The van der Waals surface area contributed by atoms with Gasteiger partial charge in [-0.15, -0.1) is 0 Å². The van der Waals surface area contributed by atoms with E-state index in [9.17, 15) is 4.39 Å². The molecule has 0 bridgehead atoms. The van der Waals surface area contributed by atoms with Gasteiger partial charge < -0.3 is 4.74 Å². The Morgan fingerprint density at radius 1 is 1.12 bits per heavy atom. The molecule has 100 valence electrons. The first kappa shape index (κ1) is 17.0. The molecule has 0 aliphatic carbocycles. The van der Waals surface area contributed by atoms with Crippen molar-refractivity contribution in [1.29, 1.82) is 0 Å². The summed E-state index contributed by atoms with van der Waals surface area (Å²) in [5.41, 5.74) is -1.27. The SMILES string of the molecule is BC(B)(F)CC(C)(C)OCCC(C)(C)C(C)C. The van der Waals surface area contributed by atoms with Crippen LogP contribution in [0.2, 0.25) is 0 Å². The van der Waals surface area contributed by atoms with Crippen LogP contribution in [0, 0.1) is 11.3 Å². The van der Waals surface area contributed by atoms with Gasteiger partial charge in [-0.2, -0.15) is 0 Å². The fourth-order valence-corrected chi connectivity index (χ4v) is 1.94. The highest BCUT2D eigenvalue weighted by Crippen LogP contribution is 2.31. The van der Waals surface area contributed by atoms with Gasteiger partial charge in [0, 0.05) is 12.1 Å². The predicted molar refractivity (Wildman–Crippen MR) is 78.8 cm³/mol. The first-order valence-corrected chi connectivity index (χ1v) is 6.69. The van der Waals surface area contributed by atoms with E-state index in [0.29, 0.717) is 18.9 Å². The van der Waals surface area contributed by atoms with Crippen molar-refractivity contribution in [2.24, 2.45) is 11.3 Å². The smallest absolute Gasteiger partial charge is 0.138 e. The van der Waals surface area contributed by atoms with E-state index < -0.39 is 5.47 Å². The first-order valence-electron chi connectivity index (χ1n) is 6.69. The Morgan fingerprint density at radius 3 is 1.94 bits per heavy atom. The summed E-state index contributed by atoms with van der Waals surface area (Å²) in [7, 11) is 3.21. The van der Waals surface area contributed by atoms with Crippen molar-refractivity contribution in [1.82, 2.24) is 0 Å². The molecule has 0 aromatic rings. The Kier molecular flexibility index (Phi) is 5.78. The molecule has 0 N–H and O–H groups in total. The highest BCUT2D eigenvalue weighted by Gasteiger charge is 2.30. The van der Waals surface area contributed by atoms with Crippen molar-refractivity contribution in [3.8, 4) is 0 Å². The number of halogens is 1. The minimum atomic E-state index is -1.17. The Morgan fingerprint density at radius 2 is 1.59 bits per heavy atom. The molecule has 0 unspecified atom stereocenters. The molecule has 0 radical (unpaired) electrons. The van der Waals surface area contributed by atoms with Gasteiger partial charge in [0.2, 0.25) is 0 Å². The summed E-state index contributed by atoms with van der Waals surface area (Å²) in [6, 6.07) is 0. The lowest BCUT2D eigenvalue weighted by molar-refractivity contribution is -0.0474. The van der Waals surface area contributed by atoms with Gasteiger partial charge in [0.25, 0.3) is 0 Å². The van der Waals surface area contributed by atoms with Crippen LogP contribution in [0.15, 0.2) is 0 Å². The fraction of sp³-hybridized carbons (Fsp3) is 1.00. The molecule has 0 saturated carbocycles. The van der Waals surface area contributed by atoms with Crippen molar-refractivity contribution in [2.45, 2.75) is 65.5 Å². The average Bonchev–Trinajstić information content (AvgIpc) is 1.97. The van der Waals surface area contributed by atoms with Gasteiger partial charge in [-0.1, -0.05) is 27.7 Å². The molecule has 0 amide bonds. The monoisotopic (exact) mass is 242 g/mol. The zero-order valence-corrected chi connectivity index (χ0v) is 13.0. The number of hydrogen-bond donors (Lipinski definition) is 0. The molecule has 0 aromatic carbocycles. The second kappa shape index (κ2) is 5.77. The van der Waals surface area contributed by atoms with Crippen molar-refractivity contribution >= 4 is 15.7 Å². The van der Waals surface area contributed by atoms with Gasteiger partial charge in [-0.25, -0.2) is 0 Å². The molecular weight excluding hydrogens is 213 g/mol. The van der Waals surface area contributed by atoms with Gasteiger partial charge in [0.1, 0.15) is 15.7 Å². The van der Waals surface area contributed by atoms with Gasteiger partial charge in [0.15, 0.2) is 0 Å². The standard InChI is InChI=1S/C13H29B2FO/c1-10(2)11(3,4)7-8-17-12(5,6)9-13(14,15)16/h10H,7-9,14-15H2,1-6H3. The van der Waals surface area contributed by atoms with Gasteiger partial charge in [0.05, 0.1) is 5.60 Å². The second-order valence-corrected chi connectivity index (χ2v) is 7.40. The Balaban J connectivity index is 4.12. The van der Waals surface area contributed by atoms with E-state index in [1.165, 1.54) is 0 Å². The summed E-state index contributed by atoms with van der Waals surface area (Å²) in [6.07, 6.45) is 1.45. The summed E-state index contributed by atoms with van der Waals surface area (Å²) in [6.45, 7) is 13.6. The predicted octanol–water partition coefficient (Wildman–Crippen LogP) is 2.13. The summed E-state index contributed by atoms with van der Waals surface area (Å²) >= 11 is 0. The van der Waals surface area contributed by atoms with Crippen molar-refractivity contribution in [3.63, 3.8) is 0 Å². The molecular formula is C13H29B2FO. The second-order valence-electron chi connectivity index (χ2n) is 7.40. The van der Waals surface area contributed by atoms with E-state index >= 15 is 0 Å². The maximum Gasteiger partial charge on any atom is 0.138 e. The number of hydrogen-bond acceptors (Lipinski definition) is 1. The normalized spacial score (nSPS) is 14.4. The summed E-state index contributed by atoms with van der Waals surface area (Å²) in [5.74, 6) is 0.631. The Labute approximate surface area is 109 Å². The van der Waals surface area contributed by atoms with Crippen LogP contribution in [0.1, 0.15) is 54.4 Å². The first-order chi connectivity index (χ1) is 7.36. The largest absolute Gasteiger partial charge is 0.375 e. The highest BCUT2D eigenvalue weighted by atomic mass is 19.1. The van der Waals surface area contributed by atoms with E-state index in [1.807, 2.05) is 13.8 Å². The fourth-order valence-electron chi connectivity index (χ4n) is 1.94. The van der Waals surface area contributed by atoms with Crippen molar-refractivity contribution in [3.05, 3.63) is 0 Å². The van der Waals surface area contributed by atoms with Crippen LogP contribution in [-0.2, 0) is 4.74 Å². The minimum Gasteiger partial charge on any atom is -0.375 e. The third kappa shape index (κ3) is 7.86. The van der Waals surface area contributed by atoms with Crippen LogP contribution in [0.3, 0.4) is 0 Å². The van der Waals surface area contributed by atoms with Crippen LogP contribution < -0.4 is 0 Å². The number of ether oxygens (including phenoxy) is 1. The lowest BCUT2D eigenvalue weighted by Crippen LogP contribution is -2.38. The van der Waals surface area contributed by atoms with E-state index in [-0.39, 0.29) is 11.0 Å². The van der Waals surface area contributed by atoms with Gasteiger partial charge in [-0.05, 0) is 38.0 Å². The quantitative estimate of drug-likeness (QED) is 0.621. The summed E-state index contributed by atoms with van der Waals surface area (Å²) < 4.78 is 19.4. The molecule has 0 fully saturated rings. The lowest BCUT2D eigenvalue weighted by atomic mass is 9.62. The molecule has 0 saturated heterocycles. The van der Waals surface area contributed by atoms with Gasteiger partial charge >= 0.3 is 0 Å². The Bertz CT molecular complexity index is 232. The molecule has 0 heterocycles. The topological polar surface area (TPSA) is 9.23 Å².